The molecule has 0 amide bonds. The summed E-state index contributed by atoms with van der Waals surface area (Å²) >= 11 is 1.44. The van der Waals surface area contributed by atoms with Crippen molar-refractivity contribution in [2.75, 3.05) is 11.8 Å². The Morgan fingerprint density at radius 3 is 2.67 bits per heavy atom. The summed E-state index contributed by atoms with van der Waals surface area (Å²) in [7, 11) is -1.74. The molecule has 1 aromatic heterocycles. The molecular weight excluding hydrogens is 304 g/mol. The lowest BCUT2D eigenvalue weighted by atomic mass is 10.1. The Labute approximate surface area is 130 Å². The van der Waals surface area contributed by atoms with Gasteiger partial charge in [0.25, 0.3) is 10.0 Å². The minimum atomic E-state index is -3.54. The van der Waals surface area contributed by atoms with Crippen molar-refractivity contribution in [1.29, 1.82) is 0 Å². The quantitative estimate of drug-likeness (QED) is 0.822. The van der Waals surface area contributed by atoms with Crippen LogP contribution in [0.15, 0.2) is 40.6 Å². The van der Waals surface area contributed by atoms with Crippen LogP contribution in [0.4, 0.5) is 5.69 Å². The maximum atomic E-state index is 12.6. The van der Waals surface area contributed by atoms with Gasteiger partial charge in [-0.05, 0) is 36.5 Å². The molecule has 2 N–H and O–H groups in total. The smallest absolute Gasteiger partial charge is 0.263 e. The maximum Gasteiger partial charge on any atom is 0.263 e. The van der Waals surface area contributed by atoms with Crippen LogP contribution < -0.4 is 10.0 Å². The van der Waals surface area contributed by atoms with E-state index in [1.807, 2.05) is 24.3 Å². The molecular formula is C15H20N2O2S2. The summed E-state index contributed by atoms with van der Waals surface area (Å²) in [5.41, 5.74) is 1.69. The van der Waals surface area contributed by atoms with Crippen molar-refractivity contribution in [2.24, 2.45) is 0 Å². The highest BCUT2D eigenvalue weighted by atomic mass is 32.2. The van der Waals surface area contributed by atoms with Gasteiger partial charge in [0.05, 0.1) is 5.69 Å². The van der Waals surface area contributed by atoms with Gasteiger partial charge in [-0.2, -0.15) is 0 Å². The predicted molar refractivity (Wildman–Crippen MR) is 88.3 cm³/mol. The first-order valence-electron chi connectivity index (χ1n) is 6.90. The van der Waals surface area contributed by atoms with E-state index in [4.69, 9.17) is 0 Å². The molecule has 4 nitrogen and oxygen atoms in total. The van der Waals surface area contributed by atoms with E-state index in [1.165, 1.54) is 11.3 Å². The molecule has 0 fully saturated rings. The van der Waals surface area contributed by atoms with Gasteiger partial charge in [-0.3, -0.25) is 4.72 Å². The van der Waals surface area contributed by atoms with Gasteiger partial charge in [-0.1, -0.05) is 31.5 Å². The van der Waals surface area contributed by atoms with Crippen LogP contribution in [0.25, 0.3) is 0 Å². The molecule has 0 aliphatic carbocycles. The van der Waals surface area contributed by atoms with E-state index in [0.29, 0.717) is 17.1 Å². The second-order valence-corrected chi connectivity index (χ2v) is 7.40. The number of anilines is 1. The van der Waals surface area contributed by atoms with Crippen LogP contribution in [0.1, 0.15) is 23.8 Å². The minimum Gasteiger partial charge on any atom is -0.315 e. The summed E-state index contributed by atoms with van der Waals surface area (Å²) in [6, 6.07) is 9.21. The first-order chi connectivity index (χ1) is 10.1. The van der Waals surface area contributed by atoms with Gasteiger partial charge in [0.2, 0.25) is 0 Å². The molecule has 0 unspecified atom stereocenters. The summed E-state index contributed by atoms with van der Waals surface area (Å²) in [4.78, 5) is 1.17. The van der Waals surface area contributed by atoms with Gasteiger partial charge in [0, 0.05) is 11.4 Å². The van der Waals surface area contributed by atoms with Crippen LogP contribution in [-0.2, 0) is 23.0 Å². The molecule has 0 aliphatic rings. The third kappa shape index (κ3) is 3.84. The van der Waals surface area contributed by atoms with Crippen LogP contribution >= 0.6 is 11.3 Å². The maximum absolute atomic E-state index is 12.6. The van der Waals surface area contributed by atoms with Crippen LogP contribution in [0.2, 0.25) is 0 Å². The van der Waals surface area contributed by atoms with Crippen LogP contribution in [0, 0.1) is 0 Å². The van der Waals surface area contributed by atoms with Crippen LogP contribution in [0.5, 0.6) is 0 Å². The van der Waals surface area contributed by atoms with Crippen molar-refractivity contribution in [2.45, 2.75) is 31.2 Å². The zero-order chi connectivity index (χ0) is 15.3. The number of hydrogen-bond acceptors (Lipinski definition) is 4. The number of aryl methyl sites for hydroxylation is 1. The number of nitrogens with one attached hydrogen (secondary N) is 2. The third-order valence-corrected chi connectivity index (χ3v) is 5.61. The SMILES string of the molecule is CCCc1ccccc1NS(=O)(=O)c1ccsc1CNC. The van der Waals surface area contributed by atoms with Crippen molar-refractivity contribution in [3.63, 3.8) is 0 Å². The fourth-order valence-corrected chi connectivity index (χ4v) is 4.72. The molecule has 114 valence electrons. The van der Waals surface area contributed by atoms with Crippen molar-refractivity contribution < 1.29 is 8.42 Å². The molecule has 6 heteroatoms. The Balaban J connectivity index is 2.31. The number of rotatable bonds is 7. The lowest BCUT2D eigenvalue weighted by Gasteiger charge is -2.12. The van der Waals surface area contributed by atoms with Gasteiger partial charge >= 0.3 is 0 Å². The highest BCUT2D eigenvalue weighted by molar-refractivity contribution is 7.93. The van der Waals surface area contributed by atoms with Crippen molar-refractivity contribution in [3.8, 4) is 0 Å². The number of benzene rings is 1. The summed E-state index contributed by atoms with van der Waals surface area (Å²) in [6.07, 6.45) is 1.83. The zero-order valence-electron chi connectivity index (χ0n) is 12.2. The molecule has 0 spiro atoms. The molecule has 1 aromatic carbocycles. The van der Waals surface area contributed by atoms with Gasteiger partial charge in [0.15, 0.2) is 0 Å². The predicted octanol–water partition coefficient (Wildman–Crippen LogP) is 3.22. The average molecular weight is 324 g/mol. The molecule has 2 aromatic rings. The van der Waals surface area contributed by atoms with Crippen molar-refractivity contribution in [1.82, 2.24) is 5.32 Å². The summed E-state index contributed by atoms with van der Waals surface area (Å²) in [5, 5.41) is 4.80. The van der Waals surface area contributed by atoms with E-state index in [-0.39, 0.29) is 0 Å². The largest absolute Gasteiger partial charge is 0.315 e. The Morgan fingerprint density at radius 1 is 1.19 bits per heavy atom. The van der Waals surface area contributed by atoms with Crippen molar-refractivity contribution in [3.05, 3.63) is 46.2 Å². The van der Waals surface area contributed by atoms with E-state index in [0.717, 1.165) is 23.3 Å². The lowest BCUT2D eigenvalue weighted by Crippen LogP contribution is -2.16. The van der Waals surface area contributed by atoms with E-state index < -0.39 is 10.0 Å². The van der Waals surface area contributed by atoms with E-state index in [2.05, 4.69) is 17.0 Å². The Morgan fingerprint density at radius 2 is 1.95 bits per heavy atom. The molecule has 2 rings (SSSR count). The molecule has 0 radical (unpaired) electrons. The number of para-hydroxylation sites is 1. The standard InChI is InChI=1S/C15H20N2O2S2/c1-3-6-12-7-4-5-8-13(12)17-21(18,19)15-9-10-20-14(15)11-16-2/h4-5,7-10,16-17H,3,6,11H2,1-2H3. The highest BCUT2D eigenvalue weighted by Crippen LogP contribution is 2.26. The summed E-state index contributed by atoms with van der Waals surface area (Å²) < 4.78 is 27.9. The fraction of sp³-hybridized carbons (Fsp3) is 0.333. The van der Waals surface area contributed by atoms with E-state index >= 15 is 0 Å². The second kappa shape index (κ2) is 7.06. The molecule has 0 bridgehead atoms. The van der Waals surface area contributed by atoms with Crippen molar-refractivity contribution >= 4 is 27.0 Å². The highest BCUT2D eigenvalue weighted by Gasteiger charge is 2.20. The van der Waals surface area contributed by atoms with Crippen LogP contribution in [-0.4, -0.2) is 15.5 Å². The molecule has 0 saturated heterocycles. The van der Waals surface area contributed by atoms with Gasteiger partial charge in [0.1, 0.15) is 4.90 Å². The first-order valence-corrected chi connectivity index (χ1v) is 9.26. The average Bonchev–Trinajstić information content (AvgIpc) is 2.91. The topological polar surface area (TPSA) is 58.2 Å². The third-order valence-electron chi connectivity index (χ3n) is 3.11. The fourth-order valence-electron chi connectivity index (χ4n) is 2.16. The molecule has 0 aliphatic heterocycles. The Bertz CT molecular complexity index is 693. The number of hydrogen-bond donors (Lipinski definition) is 2. The van der Waals surface area contributed by atoms with Gasteiger partial charge in [-0.15, -0.1) is 11.3 Å². The number of sulfonamides is 1. The first kappa shape index (κ1) is 16.0. The van der Waals surface area contributed by atoms with Crippen LogP contribution in [0.3, 0.4) is 0 Å². The van der Waals surface area contributed by atoms with Gasteiger partial charge < -0.3 is 5.32 Å². The second-order valence-electron chi connectivity index (χ2n) is 4.75. The zero-order valence-corrected chi connectivity index (χ0v) is 13.9. The van der Waals surface area contributed by atoms with Gasteiger partial charge in [-0.25, -0.2) is 8.42 Å². The summed E-state index contributed by atoms with van der Waals surface area (Å²) in [5.74, 6) is 0. The lowest BCUT2D eigenvalue weighted by molar-refractivity contribution is 0.600. The Hall–Kier alpha value is -1.37. The molecule has 21 heavy (non-hydrogen) atoms. The molecule has 0 atom stereocenters. The van der Waals surface area contributed by atoms with E-state index in [1.54, 1.807) is 18.5 Å². The summed E-state index contributed by atoms with van der Waals surface area (Å²) in [6.45, 7) is 2.62. The normalized spacial score (nSPS) is 11.5. The Kier molecular flexibility index (Phi) is 5.39. The molecule has 0 saturated carbocycles. The number of thiophene rings is 1. The minimum absolute atomic E-state index is 0.355. The monoisotopic (exact) mass is 324 g/mol. The van der Waals surface area contributed by atoms with E-state index in [9.17, 15) is 8.42 Å². The molecule has 1 heterocycles.